The maximum atomic E-state index is 13.1. The average molecular weight is 567 g/mol. The molecule has 4 aromatic rings. The number of nitrogens with one attached hydrogen (secondary N) is 1. The van der Waals surface area contributed by atoms with E-state index in [4.69, 9.17) is 9.47 Å². The number of aryl methyl sites for hydroxylation is 1. The second kappa shape index (κ2) is 10.9. The van der Waals surface area contributed by atoms with Crippen LogP contribution in [0.2, 0.25) is 0 Å². The average Bonchev–Trinajstić information content (AvgIpc) is 2.86. The zero-order chi connectivity index (χ0) is 25.7. The Kier molecular flexibility index (Phi) is 7.71. The first-order valence-corrected chi connectivity index (χ1v) is 13.3. The van der Waals surface area contributed by atoms with Gasteiger partial charge in [0.1, 0.15) is 0 Å². The van der Waals surface area contributed by atoms with Gasteiger partial charge in [-0.25, -0.2) is 9.63 Å². The molecule has 0 aliphatic heterocycles. The van der Waals surface area contributed by atoms with Crippen LogP contribution in [0.25, 0.3) is 10.8 Å². The molecule has 0 saturated carbocycles. The zero-order valence-corrected chi connectivity index (χ0v) is 22.0. The highest BCUT2D eigenvalue weighted by Crippen LogP contribution is 2.37. The Bertz CT molecular complexity index is 1550. The van der Waals surface area contributed by atoms with Gasteiger partial charge in [-0.05, 0) is 76.4 Å². The molecule has 1 N–H and O–H groups in total. The number of hydrogen-bond donors (Lipinski definition) is 1. The second-order valence-electron chi connectivity index (χ2n) is 7.85. The molecule has 0 fully saturated rings. The van der Waals surface area contributed by atoms with Crippen LogP contribution in [0.1, 0.15) is 28.4 Å². The summed E-state index contributed by atoms with van der Waals surface area (Å²) >= 11 is 3.44. The zero-order valence-electron chi connectivity index (χ0n) is 19.6. The summed E-state index contributed by atoms with van der Waals surface area (Å²) in [6.07, 6.45) is 1.34. The third kappa shape index (κ3) is 5.75. The van der Waals surface area contributed by atoms with E-state index in [1.165, 1.54) is 18.3 Å². The number of halogens is 1. The Morgan fingerprint density at radius 1 is 1.03 bits per heavy atom. The molecule has 0 saturated heterocycles. The van der Waals surface area contributed by atoms with Gasteiger partial charge >= 0.3 is 5.97 Å². The first-order valence-electron chi connectivity index (χ1n) is 11.1. The number of carbonyl (C=O) groups excluding carboxylic acids is 1. The highest BCUT2D eigenvalue weighted by Gasteiger charge is 2.19. The van der Waals surface area contributed by atoms with Crippen molar-refractivity contribution < 1.29 is 22.7 Å². The van der Waals surface area contributed by atoms with Crippen molar-refractivity contribution in [3.8, 4) is 11.5 Å². The Morgan fingerprint density at radius 3 is 2.50 bits per heavy atom. The predicted molar refractivity (Wildman–Crippen MR) is 143 cm³/mol. The Hall–Kier alpha value is -3.69. The van der Waals surface area contributed by atoms with Crippen LogP contribution in [-0.4, -0.2) is 27.2 Å². The highest BCUT2D eigenvalue weighted by molar-refractivity contribution is 9.10. The number of sulfonamides is 1. The van der Waals surface area contributed by atoms with Crippen LogP contribution >= 0.6 is 15.9 Å². The summed E-state index contributed by atoms with van der Waals surface area (Å²) in [4.78, 5) is 15.4. The van der Waals surface area contributed by atoms with Gasteiger partial charge in [0.05, 0.1) is 27.8 Å². The molecule has 0 aromatic heterocycles. The van der Waals surface area contributed by atoms with Gasteiger partial charge < -0.3 is 9.47 Å². The number of hydrogen-bond acceptors (Lipinski definition) is 6. The van der Waals surface area contributed by atoms with Gasteiger partial charge in [-0.1, -0.05) is 54.1 Å². The number of rotatable bonds is 8. The van der Waals surface area contributed by atoms with E-state index in [0.717, 1.165) is 16.3 Å². The maximum absolute atomic E-state index is 13.1. The molecule has 0 aliphatic carbocycles. The Morgan fingerprint density at radius 2 is 1.75 bits per heavy atom. The van der Waals surface area contributed by atoms with E-state index < -0.39 is 16.0 Å². The number of ether oxygens (including phenoxy) is 2. The molecule has 0 atom stereocenters. The monoisotopic (exact) mass is 566 g/mol. The largest absolute Gasteiger partial charge is 0.490 e. The highest BCUT2D eigenvalue weighted by atomic mass is 79.9. The van der Waals surface area contributed by atoms with Gasteiger partial charge in [-0.3, -0.25) is 0 Å². The van der Waals surface area contributed by atoms with E-state index in [9.17, 15) is 13.2 Å². The fourth-order valence-corrected chi connectivity index (χ4v) is 4.85. The van der Waals surface area contributed by atoms with Gasteiger partial charge in [0.25, 0.3) is 10.0 Å². The fourth-order valence-electron chi connectivity index (χ4n) is 3.52. The summed E-state index contributed by atoms with van der Waals surface area (Å²) in [7, 11) is -3.81. The smallest absolute Gasteiger partial charge is 0.344 e. The van der Waals surface area contributed by atoms with Crippen LogP contribution in [0.3, 0.4) is 0 Å². The van der Waals surface area contributed by atoms with Gasteiger partial charge in [-0.2, -0.15) is 13.5 Å². The number of fused-ring (bicyclic) bond motifs is 1. The van der Waals surface area contributed by atoms with Crippen molar-refractivity contribution in [3.63, 3.8) is 0 Å². The molecule has 0 bridgehead atoms. The molecule has 0 radical (unpaired) electrons. The van der Waals surface area contributed by atoms with Crippen molar-refractivity contribution in [3.05, 3.63) is 100 Å². The minimum Gasteiger partial charge on any atom is -0.490 e. The van der Waals surface area contributed by atoms with Crippen molar-refractivity contribution >= 4 is 48.9 Å². The molecule has 0 spiro atoms. The standard InChI is InChI=1S/C27H23BrN2O5S/c1-3-34-25-16-19(17-29-30-36(32,33)21-13-11-18(2)12-14-21)15-24(28)26(25)35-27(31)23-10-6-8-20-7-4-5-9-22(20)23/h4-17,30H,3H2,1-2H3/b29-17-. The minimum absolute atomic E-state index is 0.108. The van der Waals surface area contributed by atoms with Crippen LogP contribution in [0.4, 0.5) is 0 Å². The van der Waals surface area contributed by atoms with Crippen molar-refractivity contribution in [1.82, 2.24) is 4.83 Å². The van der Waals surface area contributed by atoms with Crippen LogP contribution in [0, 0.1) is 6.92 Å². The maximum Gasteiger partial charge on any atom is 0.344 e. The summed E-state index contributed by atoms with van der Waals surface area (Å²) < 4.78 is 36.8. The van der Waals surface area contributed by atoms with Crippen molar-refractivity contribution in [1.29, 1.82) is 0 Å². The number of nitrogens with zero attached hydrogens (tertiary/aromatic N) is 1. The fraction of sp³-hybridized carbons (Fsp3) is 0.111. The van der Waals surface area contributed by atoms with E-state index in [-0.39, 0.29) is 10.6 Å². The Balaban J connectivity index is 1.57. The number of hydrazone groups is 1. The van der Waals surface area contributed by atoms with E-state index in [0.29, 0.717) is 28.0 Å². The normalized spacial score (nSPS) is 11.5. The lowest BCUT2D eigenvalue weighted by Gasteiger charge is -2.14. The molecular weight excluding hydrogens is 544 g/mol. The van der Waals surface area contributed by atoms with Crippen LogP contribution in [0.5, 0.6) is 11.5 Å². The van der Waals surface area contributed by atoms with E-state index in [2.05, 4.69) is 25.9 Å². The topological polar surface area (TPSA) is 94.1 Å². The van der Waals surface area contributed by atoms with Gasteiger partial charge in [0, 0.05) is 0 Å². The lowest BCUT2D eigenvalue weighted by Crippen LogP contribution is -2.18. The molecule has 36 heavy (non-hydrogen) atoms. The quantitative estimate of drug-likeness (QED) is 0.125. The SMILES string of the molecule is CCOc1cc(/C=N\NS(=O)(=O)c2ccc(C)cc2)cc(Br)c1OC(=O)c1cccc2ccccc12. The molecular formula is C27H23BrN2O5S. The van der Waals surface area contributed by atoms with Crippen molar-refractivity contribution in [2.45, 2.75) is 18.7 Å². The van der Waals surface area contributed by atoms with Crippen LogP contribution < -0.4 is 14.3 Å². The summed E-state index contributed by atoms with van der Waals surface area (Å²) in [5.41, 5.74) is 1.91. The molecule has 9 heteroatoms. The first-order chi connectivity index (χ1) is 17.3. The van der Waals surface area contributed by atoms with Crippen LogP contribution in [0.15, 0.2) is 93.3 Å². The lowest BCUT2D eigenvalue weighted by molar-refractivity contribution is 0.0729. The first kappa shape index (κ1) is 25.4. The number of benzene rings is 4. The molecule has 184 valence electrons. The summed E-state index contributed by atoms with van der Waals surface area (Å²) in [5, 5.41) is 5.59. The molecule has 4 rings (SSSR count). The predicted octanol–water partition coefficient (Wildman–Crippen LogP) is 5.84. The van der Waals surface area contributed by atoms with Crippen molar-refractivity contribution in [2.75, 3.05) is 6.61 Å². The summed E-state index contributed by atoms with van der Waals surface area (Å²) in [6, 6.07) is 22.7. The lowest BCUT2D eigenvalue weighted by atomic mass is 10.0. The Labute approximate surface area is 217 Å². The molecule has 0 amide bonds. The molecule has 0 aliphatic rings. The van der Waals surface area contributed by atoms with Gasteiger partial charge in [0.2, 0.25) is 0 Å². The van der Waals surface area contributed by atoms with E-state index >= 15 is 0 Å². The third-order valence-corrected chi connectivity index (χ3v) is 7.08. The molecule has 0 heterocycles. The van der Waals surface area contributed by atoms with Gasteiger partial charge in [0.15, 0.2) is 11.5 Å². The summed E-state index contributed by atoms with van der Waals surface area (Å²) in [5.74, 6) is -0.00352. The minimum atomic E-state index is -3.81. The van der Waals surface area contributed by atoms with Crippen molar-refractivity contribution in [2.24, 2.45) is 5.10 Å². The molecule has 0 unspecified atom stereocenters. The van der Waals surface area contributed by atoms with E-state index in [1.54, 1.807) is 43.3 Å². The van der Waals surface area contributed by atoms with Gasteiger partial charge in [-0.15, -0.1) is 0 Å². The summed E-state index contributed by atoms with van der Waals surface area (Å²) in [6.45, 7) is 4.01. The number of esters is 1. The second-order valence-corrected chi connectivity index (χ2v) is 10.4. The van der Waals surface area contributed by atoms with Crippen LogP contribution in [-0.2, 0) is 10.0 Å². The number of carbonyl (C=O) groups is 1. The van der Waals surface area contributed by atoms with E-state index in [1.807, 2.05) is 37.3 Å². The third-order valence-electron chi connectivity index (χ3n) is 5.25. The molecule has 4 aromatic carbocycles. The molecule has 7 nitrogen and oxygen atoms in total.